The van der Waals surface area contributed by atoms with Crippen LogP contribution in [0, 0.1) is 5.82 Å². The third kappa shape index (κ3) is 2.79. The number of amides is 1. The van der Waals surface area contributed by atoms with E-state index < -0.39 is 0 Å². The molecule has 1 N–H and O–H groups in total. The molecule has 3 nitrogen and oxygen atoms in total. The summed E-state index contributed by atoms with van der Waals surface area (Å²) in [7, 11) is 0. The minimum Gasteiger partial charge on any atom is -0.336 e. The molecule has 0 saturated carbocycles. The Bertz CT molecular complexity index is 419. The summed E-state index contributed by atoms with van der Waals surface area (Å²) < 4.78 is 13.6. The number of benzene rings is 1. The molecule has 1 aliphatic rings. The van der Waals surface area contributed by atoms with Gasteiger partial charge in [-0.15, -0.1) is 11.8 Å². The van der Waals surface area contributed by atoms with Crippen molar-refractivity contribution in [1.29, 1.82) is 0 Å². The van der Waals surface area contributed by atoms with E-state index in [-0.39, 0.29) is 11.7 Å². The molecule has 0 unspecified atom stereocenters. The van der Waals surface area contributed by atoms with Crippen LogP contribution in [0.5, 0.6) is 0 Å². The normalized spacial score (nSPS) is 16.0. The van der Waals surface area contributed by atoms with E-state index in [9.17, 15) is 9.18 Å². The highest BCUT2D eigenvalue weighted by Crippen LogP contribution is 2.20. The Hall–Kier alpha value is -1.07. The van der Waals surface area contributed by atoms with Crippen molar-refractivity contribution >= 4 is 17.7 Å². The molecule has 1 aliphatic heterocycles. The molecule has 1 saturated heterocycles. The number of thioether (sulfide) groups is 1. The van der Waals surface area contributed by atoms with E-state index in [1.165, 1.54) is 17.8 Å². The Balaban J connectivity index is 2.16. The fraction of sp³-hybridized carbons (Fsp3) is 0.417. The second kappa shape index (κ2) is 5.51. The number of nitrogens with one attached hydrogen (secondary N) is 1. The first-order chi connectivity index (χ1) is 8.22. The molecule has 1 aromatic rings. The lowest BCUT2D eigenvalue weighted by Crippen LogP contribution is -2.46. The molecule has 1 heterocycles. The molecule has 2 rings (SSSR count). The predicted molar refractivity (Wildman–Crippen MR) is 67.0 cm³/mol. The van der Waals surface area contributed by atoms with Crippen LogP contribution in [0.3, 0.4) is 0 Å². The van der Waals surface area contributed by atoms with E-state index >= 15 is 0 Å². The smallest absolute Gasteiger partial charge is 0.254 e. The number of hydrogen-bond donors (Lipinski definition) is 1. The van der Waals surface area contributed by atoms with E-state index in [2.05, 4.69) is 5.32 Å². The van der Waals surface area contributed by atoms with Crippen LogP contribution >= 0.6 is 11.8 Å². The molecule has 17 heavy (non-hydrogen) atoms. The van der Waals surface area contributed by atoms with Gasteiger partial charge in [-0.2, -0.15) is 0 Å². The van der Waals surface area contributed by atoms with Gasteiger partial charge in [-0.05, 0) is 24.5 Å². The van der Waals surface area contributed by atoms with Gasteiger partial charge in [0.15, 0.2) is 0 Å². The summed E-state index contributed by atoms with van der Waals surface area (Å²) in [5.74, 6) is -0.406. The summed E-state index contributed by atoms with van der Waals surface area (Å²) in [6, 6.07) is 4.69. The molecule has 0 aromatic heterocycles. The summed E-state index contributed by atoms with van der Waals surface area (Å²) >= 11 is 1.34. The van der Waals surface area contributed by atoms with Crippen LogP contribution < -0.4 is 5.32 Å². The Morgan fingerprint density at radius 3 is 2.71 bits per heavy atom. The highest BCUT2D eigenvalue weighted by atomic mass is 32.2. The largest absolute Gasteiger partial charge is 0.336 e. The van der Waals surface area contributed by atoms with Crippen LogP contribution in [0.15, 0.2) is 23.1 Å². The maximum absolute atomic E-state index is 13.6. The van der Waals surface area contributed by atoms with Crippen molar-refractivity contribution in [1.82, 2.24) is 10.2 Å². The van der Waals surface area contributed by atoms with Gasteiger partial charge in [0, 0.05) is 36.6 Å². The van der Waals surface area contributed by atoms with Crippen molar-refractivity contribution in [3.63, 3.8) is 0 Å². The number of halogens is 1. The Morgan fingerprint density at radius 1 is 1.41 bits per heavy atom. The minimum absolute atomic E-state index is 0.0851. The summed E-state index contributed by atoms with van der Waals surface area (Å²) in [5.41, 5.74) is 0.433. The predicted octanol–water partition coefficient (Wildman–Crippen LogP) is 1.59. The maximum atomic E-state index is 13.6. The first kappa shape index (κ1) is 12.4. The summed E-state index contributed by atoms with van der Waals surface area (Å²) in [5, 5.41) is 3.18. The molecule has 5 heteroatoms. The number of nitrogens with zero attached hydrogens (tertiary/aromatic N) is 1. The van der Waals surface area contributed by atoms with E-state index in [1.54, 1.807) is 17.0 Å². The van der Waals surface area contributed by atoms with Gasteiger partial charge in [-0.1, -0.05) is 0 Å². The second-order valence-corrected chi connectivity index (χ2v) is 4.74. The van der Waals surface area contributed by atoms with Crippen LogP contribution in [0.4, 0.5) is 4.39 Å². The van der Waals surface area contributed by atoms with Crippen molar-refractivity contribution in [2.75, 3.05) is 32.4 Å². The van der Waals surface area contributed by atoms with Gasteiger partial charge in [-0.25, -0.2) is 4.39 Å². The van der Waals surface area contributed by atoms with Crippen molar-refractivity contribution in [2.24, 2.45) is 0 Å². The molecule has 0 spiro atoms. The van der Waals surface area contributed by atoms with Crippen LogP contribution in [0.1, 0.15) is 10.4 Å². The number of carbonyl (C=O) groups excluding carboxylic acids is 1. The first-order valence-electron chi connectivity index (χ1n) is 5.56. The number of hydrogen-bond acceptors (Lipinski definition) is 3. The number of carbonyl (C=O) groups is 1. The fourth-order valence-corrected chi connectivity index (χ4v) is 2.31. The van der Waals surface area contributed by atoms with Crippen LogP contribution in [-0.4, -0.2) is 43.2 Å². The minimum atomic E-state index is -0.321. The fourth-order valence-electron chi connectivity index (χ4n) is 1.85. The van der Waals surface area contributed by atoms with E-state index in [0.29, 0.717) is 23.5 Å². The van der Waals surface area contributed by atoms with Crippen molar-refractivity contribution in [3.05, 3.63) is 29.6 Å². The van der Waals surface area contributed by atoms with Crippen molar-refractivity contribution in [2.45, 2.75) is 4.90 Å². The SMILES string of the molecule is CSc1ccc(C(=O)N2CCNCC2)cc1F. The first-order valence-corrected chi connectivity index (χ1v) is 6.78. The standard InChI is InChI=1S/C12H15FN2OS/c1-17-11-3-2-9(8-10(11)13)12(16)15-6-4-14-5-7-15/h2-3,8,14H,4-7H2,1H3. The van der Waals surface area contributed by atoms with Crippen molar-refractivity contribution < 1.29 is 9.18 Å². The lowest BCUT2D eigenvalue weighted by Gasteiger charge is -2.27. The lowest BCUT2D eigenvalue weighted by atomic mass is 10.2. The molecular weight excluding hydrogens is 239 g/mol. The quantitative estimate of drug-likeness (QED) is 0.814. The Kier molecular flexibility index (Phi) is 4.02. The van der Waals surface area contributed by atoms with Crippen LogP contribution in [0.2, 0.25) is 0 Å². The average Bonchev–Trinajstić information content (AvgIpc) is 2.39. The monoisotopic (exact) mass is 254 g/mol. The highest BCUT2D eigenvalue weighted by Gasteiger charge is 2.18. The molecular formula is C12H15FN2OS. The number of rotatable bonds is 2. The molecule has 0 bridgehead atoms. The van der Waals surface area contributed by atoms with E-state index in [1.807, 2.05) is 6.26 Å². The van der Waals surface area contributed by atoms with E-state index in [4.69, 9.17) is 0 Å². The number of piperazine rings is 1. The van der Waals surface area contributed by atoms with Crippen LogP contribution in [0.25, 0.3) is 0 Å². The molecule has 0 atom stereocenters. The van der Waals surface area contributed by atoms with Crippen molar-refractivity contribution in [3.8, 4) is 0 Å². The van der Waals surface area contributed by atoms with Gasteiger partial charge in [0.1, 0.15) is 5.82 Å². The second-order valence-electron chi connectivity index (χ2n) is 3.89. The van der Waals surface area contributed by atoms with Gasteiger partial charge in [0.05, 0.1) is 0 Å². The molecule has 1 fully saturated rings. The van der Waals surface area contributed by atoms with Gasteiger partial charge in [0.25, 0.3) is 5.91 Å². The highest BCUT2D eigenvalue weighted by molar-refractivity contribution is 7.98. The zero-order valence-corrected chi connectivity index (χ0v) is 10.5. The zero-order chi connectivity index (χ0) is 12.3. The Morgan fingerprint density at radius 2 is 2.12 bits per heavy atom. The third-order valence-electron chi connectivity index (χ3n) is 2.80. The summed E-state index contributed by atoms with van der Waals surface area (Å²) in [6.07, 6.45) is 1.82. The van der Waals surface area contributed by atoms with Gasteiger partial charge in [0.2, 0.25) is 0 Å². The molecule has 0 aliphatic carbocycles. The van der Waals surface area contributed by atoms with Crippen LogP contribution in [-0.2, 0) is 0 Å². The lowest BCUT2D eigenvalue weighted by molar-refractivity contribution is 0.0735. The maximum Gasteiger partial charge on any atom is 0.254 e. The van der Waals surface area contributed by atoms with Gasteiger partial charge >= 0.3 is 0 Å². The van der Waals surface area contributed by atoms with Gasteiger partial charge in [-0.3, -0.25) is 4.79 Å². The topological polar surface area (TPSA) is 32.3 Å². The summed E-state index contributed by atoms with van der Waals surface area (Å²) in [4.78, 5) is 14.4. The molecule has 1 aromatic carbocycles. The average molecular weight is 254 g/mol. The zero-order valence-electron chi connectivity index (χ0n) is 9.70. The molecule has 0 radical (unpaired) electrons. The summed E-state index contributed by atoms with van der Waals surface area (Å²) in [6.45, 7) is 2.98. The van der Waals surface area contributed by atoms with E-state index in [0.717, 1.165) is 13.1 Å². The van der Waals surface area contributed by atoms with Gasteiger partial charge < -0.3 is 10.2 Å². The molecule has 92 valence electrons. The molecule has 1 amide bonds. The Labute approximate surface area is 104 Å². The third-order valence-corrected chi connectivity index (χ3v) is 3.57.